The number of hydrogen-bond acceptors (Lipinski definition) is 5. The predicted molar refractivity (Wildman–Crippen MR) is 104 cm³/mol. The molecular formula is C21H17F3N4O2. The topological polar surface area (TPSA) is 70.7 Å². The van der Waals surface area contributed by atoms with Gasteiger partial charge in [-0.3, -0.25) is 9.69 Å². The van der Waals surface area contributed by atoms with E-state index in [1.807, 2.05) is 0 Å². The molecule has 1 amide bonds. The number of amidine groups is 1. The Balaban J connectivity index is 1.84. The van der Waals surface area contributed by atoms with Crippen LogP contribution in [0.2, 0.25) is 0 Å². The lowest BCUT2D eigenvalue weighted by molar-refractivity contribution is -0.185. The maximum absolute atomic E-state index is 14.3. The number of carbonyl (C=O) groups is 1. The molecule has 1 atom stereocenters. The number of nitrogens with zero attached hydrogens (tertiary/aromatic N) is 3. The van der Waals surface area contributed by atoms with E-state index in [-0.39, 0.29) is 18.2 Å². The first-order valence-corrected chi connectivity index (χ1v) is 9.07. The summed E-state index contributed by atoms with van der Waals surface area (Å²) in [5.41, 5.74) is -2.14. The molecule has 0 saturated carbocycles. The lowest BCUT2D eigenvalue weighted by Crippen LogP contribution is -2.57. The zero-order valence-corrected chi connectivity index (χ0v) is 15.8. The number of aryl methyl sites for hydroxylation is 1. The van der Waals surface area contributed by atoms with Crippen LogP contribution in [-0.4, -0.2) is 33.5 Å². The summed E-state index contributed by atoms with van der Waals surface area (Å²) in [6.45, 7) is 1.52. The van der Waals surface area contributed by atoms with Crippen LogP contribution in [-0.2, 0) is 11.3 Å². The van der Waals surface area contributed by atoms with Crippen LogP contribution in [0.3, 0.4) is 0 Å². The van der Waals surface area contributed by atoms with Gasteiger partial charge in [0.25, 0.3) is 5.91 Å². The van der Waals surface area contributed by atoms with Crippen molar-refractivity contribution in [1.82, 2.24) is 9.88 Å². The van der Waals surface area contributed by atoms with Crippen LogP contribution in [0.25, 0.3) is 0 Å². The van der Waals surface area contributed by atoms with Gasteiger partial charge in [0.2, 0.25) is 0 Å². The van der Waals surface area contributed by atoms with Gasteiger partial charge >= 0.3 is 11.8 Å². The summed E-state index contributed by atoms with van der Waals surface area (Å²) in [7, 11) is 0. The molecule has 9 heteroatoms. The Bertz CT molecular complexity index is 1080. The Morgan fingerprint density at radius 2 is 1.90 bits per heavy atom. The number of hydrogen-bond donors (Lipinski definition) is 1. The molecule has 4 rings (SSSR count). The Hall–Kier alpha value is -3.62. The van der Waals surface area contributed by atoms with Crippen molar-refractivity contribution >= 4 is 17.6 Å². The minimum absolute atomic E-state index is 0.100. The second-order valence-corrected chi connectivity index (χ2v) is 6.82. The number of furan rings is 1. The molecule has 0 fully saturated rings. The van der Waals surface area contributed by atoms with Crippen LogP contribution < -0.4 is 5.32 Å². The van der Waals surface area contributed by atoms with E-state index in [0.717, 1.165) is 4.90 Å². The number of alkyl halides is 3. The number of rotatable bonds is 5. The third-order valence-electron chi connectivity index (χ3n) is 4.64. The van der Waals surface area contributed by atoms with Gasteiger partial charge in [-0.2, -0.15) is 13.2 Å². The van der Waals surface area contributed by atoms with Gasteiger partial charge in [0, 0.05) is 11.8 Å². The van der Waals surface area contributed by atoms with Crippen molar-refractivity contribution < 1.29 is 22.4 Å². The largest absolute Gasteiger partial charge is 0.467 e. The molecular weight excluding hydrogens is 397 g/mol. The van der Waals surface area contributed by atoms with Gasteiger partial charge in [0.1, 0.15) is 17.4 Å². The Labute approximate surface area is 170 Å². The summed E-state index contributed by atoms with van der Waals surface area (Å²) < 4.78 is 48.2. The fourth-order valence-corrected chi connectivity index (χ4v) is 3.20. The van der Waals surface area contributed by atoms with Crippen LogP contribution in [0.1, 0.15) is 16.9 Å². The number of amides is 1. The number of benzene rings is 1. The maximum atomic E-state index is 14.3. The molecule has 3 aromatic rings. The molecule has 1 aliphatic rings. The van der Waals surface area contributed by atoms with E-state index >= 15 is 0 Å². The molecule has 0 aliphatic carbocycles. The van der Waals surface area contributed by atoms with Crippen molar-refractivity contribution in [3.63, 3.8) is 0 Å². The van der Waals surface area contributed by atoms with Gasteiger partial charge in [0.15, 0.2) is 0 Å². The molecule has 1 N–H and O–H groups in total. The molecule has 30 heavy (non-hydrogen) atoms. The first-order valence-electron chi connectivity index (χ1n) is 9.07. The van der Waals surface area contributed by atoms with Crippen molar-refractivity contribution in [1.29, 1.82) is 0 Å². The molecule has 0 saturated heterocycles. The highest BCUT2D eigenvalue weighted by atomic mass is 19.4. The highest BCUT2D eigenvalue weighted by Crippen LogP contribution is 2.41. The summed E-state index contributed by atoms with van der Waals surface area (Å²) in [6.07, 6.45) is -2.27. The number of nitrogens with one attached hydrogen (secondary N) is 1. The van der Waals surface area contributed by atoms with Crippen LogP contribution in [0.5, 0.6) is 0 Å². The first kappa shape index (κ1) is 19.7. The van der Waals surface area contributed by atoms with E-state index in [0.29, 0.717) is 16.9 Å². The number of aromatic nitrogens is 1. The molecule has 0 unspecified atom stereocenters. The minimum atomic E-state index is -5.02. The summed E-state index contributed by atoms with van der Waals surface area (Å²) in [5.74, 6) is -1.13. The standard InChI is InChI=1S/C21H17F3N4O2/c1-14-9-10-25-17(12-14)26-20(21(22,23)24)19(29)28(13-16-8-5-11-30-16)18(27-20)15-6-3-2-4-7-15/h2-12H,13H2,1H3,(H,25,26)/t20-/m1/s1. The Morgan fingerprint density at radius 3 is 2.53 bits per heavy atom. The predicted octanol–water partition coefficient (Wildman–Crippen LogP) is 4.14. The van der Waals surface area contributed by atoms with Gasteiger partial charge in [-0.25, -0.2) is 9.98 Å². The number of pyridine rings is 1. The zero-order chi connectivity index (χ0) is 21.4. The monoisotopic (exact) mass is 414 g/mol. The second-order valence-electron chi connectivity index (χ2n) is 6.82. The number of anilines is 1. The smallest absolute Gasteiger partial charge is 0.442 e. The molecule has 154 valence electrons. The first-order chi connectivity index (χ1) is 14.3. The third-order valence-corrected chi connectivity index (χ3v) is 4.64. The van der Waals surface area contributed by atoms with Crippen molar-refractivity contribution in [2.75, 3.05) is 5.32 Å². The van der Waals surface area contributed by atoms with Gasteiger partial charge in [0.05, 0.1) is 12.8 Å². The third kappa shape index (κ3) is 3.42. The van der Waals surface area contributed by atoms with Crippen LogP contribution in [0, 0.1) is 6.92 Å². The lowest BCUT2D eigenvalue weighted by Gasteiger charge is -2.29. The van der Waals surface area contributed by atoms with E-state index < -0.39 is 17.7 Å². The molecule has 1 aromatic carbocycles. The number of aliphatic imine (C=N–C) groups is 1. The molecule has 2 aromatic heterocycles. The van der Waals surface area contributed by atoms with Gasteiger partial charge in [-0.15, -0.1) is 0 Å². The van der Waals surface area contributed by atoms with Crippen LogP contribution >= 0.6 is 0 Å². The highest BCUT2D eigenvalue weighted by Gasteiger charge is 2.66. The van der Waals surface area contributed by atoms with Gasteiger partial charge < -0.3 is 9.73 Å². The van der Waals surface area contributed by atoms with Crippen molar-refractivity contribution in [3.05, 3.63) is 83.9 Å². The zero-order valence-electron chi connectivity index (χ0n) is 15.8. The van der Waals surface area contributed by atoms with E-state index in [4.69, 9.17) is 4.42 Å². The fourth-order valence-electron chi connectivity index (χ4n) is 3.20. The van der Waals surface area contributed by atoms with Crippen molar-refractivity contribution in [2.45, 2.75) is 25.3 Å². The number of carbonyl (C=O) groups excluding carboxylic acids is 1. The van der Waals surface area contributed by atoms with E-state index in [1.54, 1.807) is 55.5 Å². The fraction of sp³-hybridized carbons (Fsp3) is 0.190. The average molecular weight is 414 g/mol. The van der Waals surface area contributed by atoms with Crippen LogP contribution in [0.4, 0.5) is 19.0 Å². The molecule has 0 bridgehead atoms. The van der Waals surface area contributed by atoms with Crippen molar-refractivity contribution in [3.8, 4) is 0 Å². The van der Waals surface area contributed by atoms with Gasteiger partial charge in [-0.1, -0.05) is 30.3 Å². The Morgan fingerprint density at radius 1 is 1.13 bits per heavy atom. The summed E-state index contributed by atoms with van der Waals surface area (Å²) in [4.78, 5) is 22.0. The molecule has 1 aliphatic heterocycles. The highest BCUT2D eigenvalue weighted by molar-refractivity contribution is 6.16. The second kappa shape index (κ2) is 7.33. The molecule has 0 spiro atoms. The maximum Gasteiger partial charge on any atom is 0.442 e. The van der Waals surface area contributed by atoms with E-state index in [1.165, 1.54) is 18.5 Å². The van der Waals surface area contributed by atoms with Gasteiger partial charge in [-0.05, 0) is 36.8 Å². The van der Waals surface area contributed by atoms with Crippen LogP contribution in [0.15, 0.2) is 76.5 Å². The Kier molecular flexibility index (Phi) is 4.81. The van der Waals surface area contributed by atoms with E-state index in [2.05, 4.69) is 15.3 Å². The molecule has 3 heterocycles. The number of halogens is 3. The summed E-state index contributed by atoms with van der Waals surface area (Å²) in [6, 6.07) is 14.5. The van der Waals surface area contributed by atoms with Crippen molar-refractivity contribution in [2.24, 2.45) is 4.99 Å². The SMILES string of the molecule is Cc1ccnc(N[C@@]2(C(F)(F)F)N=C(c3ccccc3)N(Cc3ccco3)C2=O)c1. The summed E-state index contributed by atoms with van der Waals surface area (Å²) >= 11 is 0. The average Bonchev–Trinajstić information content (AvgIpc) is 3.31. The van der Waals surface area contributed by atoms with E-state index in [9.17, 15) is 18.0 Å². The minimum Gasteiger partial charge on any atom is -0.467 e. The molecule has 6 nitrogen and oxygen atoms in total. The summed E-state index contributed by atoms with van der Waals surface area (Å²) in [5, 5.41) is 2.25. The quantitative estimate of drug-likeness (QED) is 0.681. The lowest BCUT2D eigenvalue weighted by atomic mass is 10.1. The normalized spacial score (nSPS) is 19.1. The molecule has 0 radical (unpaired) electrons.